The molecule has 0 unspecified atom stereocenters. The van der Waals surface area contributed by atoms with Gasteiger partial charge in [0.15, 0.2) is 11.5 Å². The molecule has 0 saturated carbocycles. The lowest BCUT2D eigenvalue weighted by atomic mass is 10.0. The summed E-state index contributed by atoms with van der Waals surface area (Å²) in [5.41, 5.74) is 3.31. The van der Waals surface area contributed by atoms with Gasteiger partial charge in [-0.1, -0.05) is 30.3 Å². The lowest BCUT2D eigenvalue weighted by molar-refractivity contribution is 0.0784. The summed E-state index contributed by atoms with van der Waals surface area (Å²) in [5.74, 6) is 1.09. The number of hydrogen-bond acceptors (Lipinski definition) is 4. The molecular formula is C22H25N3O3. The Morgan fingerprint density at radius 3 is 2.57 bits per heavy atom. The maximum absolute atomic E-state index is 13.1. The van der Waals surface area contributed by atoms with Gasteiger partial charge in [-0.3, -0.25) is 9.48 Å². The van der Waals surface area contributed by atoms with Crippen LogP contribution in [-0.4, -0.2) is 41.4 Å². The lowest BCUT2D eigenvalue weighted by Crippen LogP contribution is -2.26. The van der Waals surface area contributed by atoms with Crippen molar-refractivity contribution < 1.29 is 14.3 Å². The van der Waals surface area contributed by atoms with Gasteiger partial charge in [0.25, 0.3) is 5.91 Å². The Bertz CT molecular complexity index is 951. The van der Waals surface area contributed by atoms with Crippen molar-refractivity contribution in [3.63, 3.8) is 0 Å². The molecule has 0 saturated heterocycles. The predicted octanol–water partition coefficient (Wildman–Crippen LogP) is 3.77. The number of aryl methyl sites for hydroxylation is 1. The minimum atomic E-state index is -0.0929. The Hall–Kier alpha value is -3.28. The van der Waals surface area contributed by atoms with E-state index in [-0.39, 0.29) is 5.91 Å². The number of nitrogens with zero attached hydrogens (tertiary/aromatic N) is 3. The highest BCUT2D eigenvalue weighted by Crippen LogP contribution is 2.39. The lowest BCUT2D eigenvalue weighted by Gasteiger charge is -2.20. The second-order valence-electron chi connectivity index (χ2n) is 6.54. The van der Waals surface area contributed by atoms with Crippen molar-refractivity contribution >= 4 is 5.91 Å². The van der Waals surface area contributed by atoms with E-state index in [9.17, 15) is 4.79 Å². The molecule has 3 aromatic rings. The number of rotatable bonds is 7. The zero-order valence-corrected chi connectivity index (χ0v) is 16.7. The van der Waals surface area contributed by atoms with Crippen LogP contribution >= 0.6 is 0 Å². The van der Waals surface area contributed by atoms with Crippen LogP contribution in [0.25, 0.3) is 11.1 Å². The third kappa shape index (κ3) is 4.17. The van der Waals surface area contributed by atoms with Crippen LogP contribution in [0.15, 0.2) is 54.9 Å². The van der Waals surface area contributed by atoms with Gasteiger partial charge in [0.05, 0.1) is 19.9 Å². The fraction of sp³-hybridized carbons (Fsp3) is 0.273. The fourth-order valence-corrected chi connectivity index (χ4v) is 3.15. The molecule has 146 valence electrons. The van der Waals surface area contributed by atoms with Crippen molar-refractivity contribution in [2.24, 2.45) is 7.05 Å². The Morgan fingerprint density at radius 1 is 1.21 bits per heavy atom. The highest BCUT2D eigenvalue weighted by Gasteiger charge is 2.20. The van der Waals surface area contributed by atoms with E-state index >= 15 is 0 Å². The van der Waals surface area contributed by atoms with Gasteiger partial charge in [0, 0.05) is 43.5 Å². The topological polar surface area (TPSA) is 56.6 Å². The van der Waals surface area contributed by atoms with Gasteiger partial charge < -0.3 is 14.4 Å². The smallest absolute Gasteiger partial charge is 0.254 e. The summed E-state index contributed by atoms with van der Waals surface area (Å²) in [5, 5.41) is 4.16. The van der Waals surface area contributed by atoms with E-state index in [4.69, 9.17) is 9.47 Å². The Labute approximate surface area is 165 Å². The second-order valence-corrected chi connectivity index (χ2v) is 6.54. The Kier molecular flexibility index (Phi) is 5.99. The third-order valence-electron chi connectivity index (χ3n) is 4.42. The number of benzene rings is 2. The number of amides is 1. The number of methoxy groups -OCH3 is 1. The summed E-state index contributed by atoms with van der Waals surface area (Å²) in [6, 6.07) is 13.4. The predicted molar refractivity (Wildman–Crippen MR) is 109 cm³/mol. The maximum Gasteiger partial charge on any atom is 0.254 e. The molecule has 0 N–H and O–H groups in total. The number of hydrogen-bond donors (Lipinski definition) is 0. The highest BCUT2D eigenvalue weighted by molar-refractivity contribution is 5.97. The maximum atomic E-state index is 13.1. The molecule has 6 nitrogen and oxygen atoms in total. The van der Waals surface area contributed by atoms with Crippen LogP contribution < -0.4 is 9.47 Å². The zero-order chi connectivity index (χ0) is 20.1. The zero-order valence-electron chi connectivity index (χ0n) is 16.7. The van der Waals surface area contributed by atoms with Gasteiger partial charge in [0.2, 0.25) is 0 Å². The largest absolute Gasteiger partial charge is 0.492 e. The molecule has 0 bridgehead atoms. The second kappa shape index (κ2) is 8.61. The molecular weight excluding hydrogens is 354 g/mol. The molecule has 0 aliphatic heterocycles. The van der Waals surface area contributed by atoms with Gasteiger partial charge >= 0.3 is 0 Å². The molecule has 0 spiro atoms. The van der Waals surface area contributed by atoms with Crippen LogP contribution in [0, 0.1) is 0 Å². The van der Waals surface area contributed by atoms with E-state index in [1.807, 2.05) is 56.6 Å². The quantitative estimate of drug-likeness (QED) is 0.627. The average molecular weight is 379 g/mol. The van der Waals surface area contributed by atoms with Crippen LogP contribution in [0.5, 0.6) is 11.5 Å². The van der Waals surface area contributed by atoms with Gasteiger partial charge in [0.1, 0.15) is 0 Å². The minimum absolute atomic E-state index is 0.0929. The number of carbonyl (C=O) groups is 1. The van der Waals surface area contributed by atoms with Gasteiger partial charge in [-0.2, -0.15) is 5.10 Å². The summed E-state index contributed by atoms with van der Waals surface area (Å²) < 4.78 is 13.1. The Balaban J connectivity index is 1.99. The van der Waals surface area contributed by atoms with Crippen molar-refractivity contribution in [3.05, 3.63) is 66.0 Å². The van der Waals surface area contributed by atoms with E-state index in [1.54, 1.807) is 36.0 Å². The molecule has 2 aromatic carbocycles. The van der Waals surface area contributed by atoms with Crippen LogP contribution in [-0.2, 0) is 13.6 Å². The first-order valence-corrected chi connectivity index (χ1v) is 9.16. The normalized spacial score (nSPS) is 10.6. The number of aromatic nitrogens is 2. The highest BCUT2D eigenvalue weighted by atomic mass is 16.5. The molecule has 0 fully saturated rings. The standard InChI is InChI=1S/C22H25N3O3/c1-5-28-20-12-18(22(26)24(2)14-16-13-23-25(3)15-16)11-19(21(20)27-4)17-9-7-6-8-10-17/h6-13,15H,5,14H2,1-4H3. The fourth-order valence-electron chi connectivity index (χ4n) is 3.15. The third-order valence-corrected chi connectivity index (χ3v) is 4.42. The minimum Gasteiger partial charge on any atom is -0.492 e. The molecule has 0 aliphatic carbocycles. The van der Waals surface area contributed by atoms with E-state index in [0.717, 1.165) is 16.7 Å². The molecule has 6 heteroatoms. The van der Waals surface area contributed by atoms with Crippen molar-refractivity contribution in [1.29, 1.82) is 0 Å². The molecule has 1 aromatic heterocycles. The molecule has 0 atom stereocenters. The van der Waals surface area contributed by atoms with Crippen LogP contribution in [0.1, 0.15) is 22.8 Å². The summed E-state index contributed by atoms with van der Waals surface area (Å²) in [6.45, 7) is 2.86. The summed E-state index contributed by atoms with van der Waals surface area (Å²) in [6.07, 6.45) is 3.66. The average Bonchev–Trinajstić information content (AvgIpc) is 3.12. The summed E-state index contributed by atoms with van der Waals surface area (Å²) in [4.78, 5) is 14.8. The monoisotopic (exact) mass is 379 g/mol. The molecule has 1 heterocycles. The SMILES string of the molecule is CCOc1cc(C(=O)N(C)Cc2cnn(C)c2)cc(-c2ccccc2)c1OC. The molecule has 0 radical (unpaired) electrons. The van der Waals surface area contributed by atoms with Crippen LogP contribution in [0.3, 0.4) is 0 Å². The first kappa shape index (κ1) is 19.5. The van der Waals surface area contributed by atoms with E-state index in [1.165, 1.54) is 0 Å². The summed E-state index contributed by atoms with van der Waals surface area (Å²) >= 11 is 0. The van der Waals surface area contributed by atoms with Crippen LogP contribution in [0.2, 0.25) is 0 Å². The van der Waals surface area contributed by atoms with Crippen molar-refractivity contribution in [2.45, 2.75) is 13.5 Å². The van der Waals surface area contributed by atoms with Crippen molar-refractivity contribution in [3.8, 4) is 22.6 Å². The molecule has 28 heavy (non-hydrogen) atoms. The summed E-state index contributed by atoms with van der Waals surface area (Å²) in [7, 11) is 5.25. The van der Waals surface area contributed by atoms with E-state index in [0.29, 0.717) is 30.2 Å². The van der Waals surface area contributed by atoms with Crippen molar-refractivity contribution in [1.82, 2.24) is 14.7 Å². The van der Waals surface area contributed by atoms with E-state index in [2.05, 4.69) is 5.10 Å². The molecule has 0 aliphatic rings. The number of ether oxygens (including phenoxy) is 2. The Morgan fingerprint density at radius 2 is 1.96 bits per heavy atom. The molecule has 1 amide bonds. The van der Waals surface area contributed by atoms with Crippen molar-refractivity contribution in [2.75, 3.05) is 20.8 Å². The van der Waals surface area contributed by atoms with E-state index < -0.39 is 0 Å². The van der Waals surface area contributed by atoms with Gasteiger partial charge in [-0.25, -0.2) is 0 Å². The first-order chi connectivity index (χ1) is 13.5. The molecule has 3 rings (SSSR count). The van der Waals surface area contributed by atoms with Crippen LogP contribution in [0.4, 0.5) is 0 Å². The number of carbonyl (C=O) groups excluding carboxylic acids is 1. The van der Waals surface area contributed by atoms with Gasteiger partial charge in [-0.15, -0.1) is 0 Å². The van der Waals surface area contributed by atoms with Gasteiger partial charge in [-0.05, 0) is 24.6 Å². The first-order valence-electron chi connectivity index (χ1n) is 9.16.